The van der Waals surface area contributed by atoms with Crippen molar-refractivity contribution in [3.05, 3.63) is 29.8 Å². The van der Waals surface area contributed by atoms with Gasteiger partial charge >= 0.3 is 0 Å². The molecule has 1 aliphatic heterocycles. The van der Waals surface area contributed by atoms with Crippen LogP contribution in [-0.2, 0) is 6.54 Å². The highest BCUT2D eigenvalue weighted by Gasteiger charge is 2.13. The third kappa shape index (κ3) is 2.96. The highest BCUT2D eigenvalue weighted by molar-refractivity contribution is 5.53. The topological polar surface area (TPSA) is 6.48 Å². The Labute approximate surface area is 93.5 Å². The number of nitrogens with zero attached hydrogens (tertiary/aromatic N) is 2. The first-order valence-electron chi connectivity index (χ1n) is 5.75. The largest absolute Gasteiger partial charge is 0.373 e. The summed E-state index contributed by atoms with van der Waals surface area (Å²) >= 11 is 0. The lowest BCUT2D eigenvalue weighted by atomic mass is 10.1. The van der Waals surface area contributed by atoms with Gasteiger partial charge in [-0.3, -0.25) is 0 Å². The second-order valence-electron chi connectivity index (χ2n) is 3.79. The lowest BCUT2D eigenvalue weighted by Crippen LogP contribution is -2.26. The summed E-state index contributed by atoms with van der Waals surface area (Å²) in [5.74, 6) is 0. The third-order valence-corrected chi connectivity index (χ3v) is 2.66. The second kappa shape index (κ2) is 5.76. The third-order valence-electron chi connectivity index (χ3n) is 2.66. The van der Waals surface area contributed by atoms with E-state index in [9.17, 15) is 0 Å². The van der Waals surface area contributed by atoms with Crippen LogP contribution in [0.15, 0.2) is 24.3 Å². The van der Waals surface area contributed by atoms with Crippen LogP contribution < -0.4 is 4.90 Å². The summed E-state index contributed by atoms with van der Waals surface area (Å²) in [4.78, 5) is 4.70. The average molecular weight is 206 g/mol. The van der Waals surface area contributed by atoms with Crippen molar-refractivity contribution < 1.29 is 0 Å². The van der Waals surface area contributed by atoms with Gasteiger partial charge in [0, 0.05) is 32.4 Å². The molecule has 15 heavy (non-hydrogen) atoms. The molecule has 0 aromatic heterocycles. The van der Waals surface area contributed by atoms with Gasteiger partial charge in [0.05, 0.1) is 0 Å². The molecule has 0 atom stereocenters. The Bertz CT molecular complexity index is 296. The van der Waals surface area contributed by atoms with Crippen LogP contribution in [0.5, 0.6) is 0 Å². The summed E-state index contributed by atoms with van der Waals surface area (Å²) in [6.45, 7) is 7.33. The smallest absolute Gasteiger partial charge is 0.0409 e. The summed E-state index contributed by atoms with van der Waals surface area (Å²) in [6, 6.07) is 8.65. The van der Waals surface area contributed by atoms with Crippen LogP contribution in [0.1, 0.15) is 19.4 Å². The van der Waals surface area contributed by atoms with Crippen molar-refractivity contribution in [2.45, 2.75) is 20.4 Å². The van der Waals surface area contributed by atoms with Gasteiger partial charge in [-0.05, 0) is 18.7 Å². The Hall–Kier alpha value is -1.02. The van der Waals surface area contributed by atoms with E-state index in [0.717, 1.165) is 19.6 Å². The summed E-state index contributed by atoms with van der Waals surface area (Å²) in [6.07, 6.45) is 0. The van der Waals surface area contributed by atoms with E-state index in [4.69, 9.17) is 0 Å². The Balaban J connectivity index is 0.000000531. The van der Waals surface area contributed by atoms with Crippen molar-refractivity contribution >= 4 is 5.69 Å². The van der Waals surface area contributed by atoms with E-state index in [-0.39, 0.29) is 0 Å². The fourth-order valence-electron chi connectivity index (χ4n) is 1.83. The van der Waals surface area contributed by atoms with Crippen LogP contribution in [0.25, 0.3) is 0 Å². The molecule has 2 nitrogen and oxygen atoms in total. The molecule has 0 aliphatic carbocycles. The molecular weight excluding hydrogens is 184 g/mol. The Morgan fingerprint density at radius 3 is 2.40 bits per heavy atom. The molecule has 0 unspecified atom stereocenters. The molecule has 1 aliphatic rings. The van der Waals surface area contributed by atoms with E-state index in [2.05, 4.69) is 48.2 Å². The van der Waals surface area contributed by atoms with Crippen molar-refractivity contribution in [1.82, 2.24) is 4.90 Å². The quantitative estimate of drug-likeness (QED) is 0.644. The minimum Gasteiger partial charge on any atom is -0.373 e. The van der Waals surface area contributed by atoms with Crippen molar-refractivity contribution in [2.24, 2.45) is 0 Å². The van der Waals surface area contributed by atoms with Crippen molar-refractivity contribution in [3.63, 3.8) is 0 Å². The number of hydrogen-bond acceptors (Lipinski definition) is 2. The molecule has 84 valence electrons. The Kier molecular flexibility index (Phi) is 4.63. The van der Waals surface area contributed by atoms with Gasteiger partial charge in [-0.15, -0.1) is 0 Å². The van der Waals surface area contributed by atoms with E-state index in [1.54, 1.807) is 0 Å². The molecule has 0 radical (unpaired) electrons. The number of fused-ring (bicyclic) bond motifs is 1. The zero-order chi connectivity index (χ0) is 11.3. The molecule has 1 aromatic rings. The van der Waals surface area contributed by atoms with Crippen LogP contribution in [0.2, 0.25) is 0 Å². The predicted octanol–water partition coefficient (Wildman–Crippen LogP) is 2.59. The number of rotatable bonds is 0. The van der Waals surface area contributed by atoms with Gasteiger partial charge in [0.1, 0.15) is 0 Å². The maximum Gasteiger partial charge on any atom is 0.0409 e. The molecule has 2 heteroatoms. The minimum atomic E-state index is 1.07. The maximum atomic E-state index is 2.36. The van der Waals surface area contributed by atoms with Gasteiger partial charge in [0.15, 0.2) is 0 Å². The highest BCUT2D eigenvalue weighted by Crippen LogP contribution is 2.22. The first-order valence-corrected chi connectivity index (χ1v) is 5.75. The molecule has 1 aromatic carbocycles. The number of anilines is 1. The normalized spacial score (nSPS) is 16.1. The van der Waals surface area contributed by atoms with E-state index in [1.165, 1.54) is 11.3 Å². The number of likely N-dealkylation sites (N-methyl/N-ethyl adjacent to an activating group) is 2. The number of para-hydroxylation sites is 1. The number of benzene rings is 1. The fraction of sp³-hybridized carbons (Fsp3) is 0.538. The van der Waals surface area contributed by atoms with Crippen LogP contribution >= 0.6 is 0 Å². The lowest BCUT2D eigenvalue weighted by molar-refractivity contribution is 0.342. The van der Waals surface area contributed by atoms with Gasteiger partial charge in [-0.25, -0.2) is 0 Å². The van der Waals surface area contributed by atoms with Crippen LogP contribution in [0, 0.1) is 0 Å². The second-order valence-corrected chi connectivity index (χ2v) is 3.79. The molecule has 0 amide bonds. The Morgan fingerprint density at radius 1 is 1.00 bits per heavy atom. The zero-order valence-corrected chi connectivity index (χ0v) is 10.3. The predicted molar refractivity (Wildman–Crippen MR) is 67.4 cm³/mol. The molecule has 0 bridgehead atoms. The monoisotopic (exact) mass is 206 g/mol. The fourth-order valence-corrected chi connectivity index (χ4v) is 1.83. The molecule has 0 spiro atoms. The molecule has 0 fully saturated rings. The first-order chi connectivity index (χ1) is 7.27. The molecule has 0 saturated carbocycles. The average Bonchev–Trinajstić information content (AvgIpc) is 2.42. The zero-order valence-electron chi connectivity index (χ0n) is 10.3. The van der Waals surface area contributed by atoms with E-state index < -0.39 is 0 Å². The van der Waals surface area contributed by atoms with Gasteiger partial charge in [-0.2, -0.15) is 0 Å². The van der Waals surface area contributed by atoms with E-state index in [1.807, 2.05) is 13.8 Å². The van der Waals surface area contributed by atoms with Gasteiger partial charge in [-0.1, -0.05) is 32.0 Å². The number of hydrogen-bond donors (Lipinski definition) is 0. The van der Waals surface area contributed by atoms with Crippen LogP contribution in [0.4, 0.5) is 5.69 Å². The summed E-state index contributed by atoms with van der Waals surface area (Å²) in [7, 11) is 4.34. The maximum absolute atomic E-state index is 2.36. The van der Waals surface area contributed by atoms with Gasteiger partial charge < -0.3 is 9.80 Å². The first kappa shape index (κ1) is 12.1. The molecule has 2 rings (SSSR count). The lowest BCUT2D eigenvalue weighted by Gasteiger charge is -2.18. The molecular formula is C13H22N2. The minimum absolute atomic E-state index is 1.07. The van der Waals surface area contributed by atoms with Crippen LogP contribution in [-0.4, -0.2) is 32.1 Å². The van der Waals surface area contributed by atoms with Crippen molar-refractivity contribution in [3.8, 4) is 0 Å². The molecule has 0 saturated heterocycles. The summed E-state index contributed by atoms with van der Waals surface area (Å²) in [5, 5.41) is 0. The highest BCUT2D eigenvalue weighted by atomic mass is 15.2. The molecule has 1 heterocycles. The summed E-state index contributed by atoms with van der Waals surface area (Å²) < 4.78 is 0. The van der Waals surface area contributed by atoms with Crippen molar-refractivity contribution in [1.29, 1.82) is 0 Å². The Morgan fingerprint density at radius 2 is 1.67 bits per heavy atom. The van der Waals surface area contributed by atoms with E-state index in [0.29, 0.717) is 0 Å². The van der Waals surface area contributed by atoms with Gasteiger partial charge in [0.2, 0.25) is 0 Å². The van der Waals surface area contributed by atoms with Crippen molar-refractivity contribution in [2.75, 3.05) is 32.1 Å². The van der Waals surface area contributed by atoms with Gasteiger partial charge in [0.25, 0.3) is 0 Å². The van der Waals surface area contributed by atoms with Crippen LogP contribution in [0.3, 0.4) is 0 Å². The SMILES string of the molecule is CC.CN1CCN(C)c2ccccc2C1. The van der Waals surface area contributed by atoms with E-state index >= 15 is 0 Å². The summed E-state index contributed by atoms with van der Waals surface area (Å²) in [5.41, 5.74) is 2.82. The molecule has 0 N–H and O–H groups in total. The standard InChI is InChI=1S/C11H16N2.C2H6/c1-12-7-8-13(2)11-6-4-3-5-10(11)9-12;1-2/h3-6H,7-9H2,1-2H3;1-2H3.